The molecule has 0 saturated carbocycles. The minimum absolute atomic E-state index is 0.0527. The summed E-state index contributed by atoms with van der Waals surface area (Å²) < 4.78 is 13.3. The van der Waals surface area contributed by atoms with Crippen LogP contribution in [0.2, 0.25) is 5.02 Å². The Morgan fingerprint density at radius 2 is 2.17 bits per heavy atom. The number of aromatic nitrogens is 1. The number of benzene rings is 1. The minimum atomic E-state index is -0.282. The van der Waals surface area contributed by atoms with E-state index in [1.165, 1.54) is 12.1 Å². The zero-order valence-electron chi connectivity index (χ0n) is 10.0. The van der Waals surface area contributed by atoms with Crippen molar-refractivity contribution in [3.8, 4) is 0 Å². The van der Waals surface area contributed by atoms with Gasteiger partial charge in [-0.1, -0.05) is 17.7 Å². The second kappa shape index (κ2) is 5.94. The lowest BCUT2D eigenvalue weighted by Gasteiger charge is -2.17. The third-order valence-corrected chi connectivity index (χ3v) is 3.17. The van der Waals surface area contributed by atoms with Gasteiger partial charge >= 0.3 is 0 Å². The fraction of sp³-hybridized carbons (Fsp3) is 0.214. The summed E-state index contributed by atoms with van der Waals surface area (Å²) in [4.78, 5) is 4.27. The molecule has 2 aromatic rings. The molecule has 0 saturated heterocycles. The molecule has 0 aliphatic carbocycles. The van der Waals surface area contributed by atoms with Crippen LogP contribution in [0.15, 0.2) is 42.6 Å². The SMILES string of the molecule is CNC(Cc1ccccn1)c1cc(F)ccc1Cl. The van der Waals surface area contributed by atoms with Crippen LogP contribution in [0.3, 0.4) is 0 Å². The lowest BCUT2D eigenvalue weighted by Crippen LogP contribution is -2.19. The van der Waals surface area contributed by atoms with Gasteiger partial charge in [0, 0.05) is 29.4 Å². The molecule has 0 aliphatic rings. The molecule has 4 heteroatoms. The van der Waals surface area contributed by atoms with Crippen LogP contribution in [0.5, 0.6) is 0 Å². The summed E-state index contributed by atoms with van der Waals surface area (Å²) in [6.07, 6.45) is 2.41. The molecule has 1 unspecified atom stereocenters. The van der Waals surface area contributed by atoms with Gasteiger partial charge in [-0.05, 0) is 42.9 Å². The van der Waals surface area contributed by atoms with Crippen LogP contribution in [-0.4, -0.2) is 12.0 Å². The molecule has 1 aromatic heterocycles. The number of halogens is 2. The van der Waals surface area contributed by atoms with E-state index in [-0.39, 0.29) is 11.9 Å². The van der Waals surface area contributed by atoms with Crippen molar-refractivity contribution < 1.29 is 4.39 Å². The van der Waals surface area contributed by atoms with Crippen molar-refractivity contribution in [2.24, 2.45) is 0 Å². The summed E-state index contributed by atoms with van der Waals surface area (Å²) in [7, 11) is 1.83. The number of nitrogens with zero attached hydrogens (tertiary/aromatic N) is 1. The van der Waals surface area contributed by atoms with E-state index in [9.17, 15) is 4.39 Å². The molecule has 94 valence electrons. The standard InChI is InChI=1S/C14H14ClFN2/c1-17-14(9-11-4-2-3-7-18-11)12-8-10(16)5-6-13(12)15/h2-8,14,17H,9H2,1H3. The molecule has 0 radical (unpaired) electrons. The van der Waals surface area contributed by atoms with E-state index >= 15 is 0 Å². The van der Waals surface area contributed by atoms with Crippen LogP contribution in [0.25, 0.3) is 0 Å². The van der Waals surface area contributed by atoms with Gasteiger partial charge in [-0.3, -0.25) is 4.98 Å². The van der Waals surface area contributed by atoms with Crippen molar-refractivity contribution in [2.75, 3.05) is 7.05 Å². The quantitative estimate of drug-likeness (QED) is 0.916. The van der Waals surface area contributed by atoms with Crippen LogP contribution < -0.4 is 5.32 Å². The van der Waals surface area contributed by atoms with Gasteiger partial charge in [0.1, 0.15) is 5.82 Å². The third-order valence-electron chi connectivity index (χ3n) is 2.82. The first-order valence-corrected chi connectivity index (χ1v) is 6.10. The molecule has 0 amide bonds. The van der Waals surface area contributed by atoms with E-state index in [4.69, 9.17) is 11.6 Å². The normalized spacial score (nSPS) is 12.4. The van der Waals surface area contributed by atoms with Gasteiger partial charge in [0.2, 0.25) is 0 Å². The first-order chi connectivity index (χ1) is 8.70. The molecule has 0 aliphatic heterocycles. The Bertz CT molecular complexity index is 516. The van der Waals surface area contributed by atoms with Gasteiger partial charge in [-0.25, -0.2) is 4.39 Å². The first-order valence-electron chi connectivity index (χ1n) is 5.73. The maximum atomic E-state index is 13.3. The minimum Gasteiger partial charge on any atom is -0.313 e. The summed E-state index contributed by atoms with van der Waals surface area (Å²) in [5.74, 6) is -0.282. The Hall–Kier alpha value is -1.45. The van der Waals surface area contributed by atoms with E-state index in [0.717, 1.165) is 11.3 Å². The van der Waals surface area contributed by atoms with Gasteiger partial charge in [-0.15, -0.1) is 0 Å². The van der Waals surface area contributed by atoms with Crippen LogP contribution in [0, 0.1) is 5.82 Å². The van der Waals surface area contributed by atoms with E-state index < -0.39 is 0 Å². The average Bonchev–Trinajstić information content (AvgIpc) is 2.40. The number of nitrogens with one attached hydrogen (secondary N) is 1. The van der Waals surface area contributed by atoms with Gasteiger partial charge in [0.15, 0.2) is 0 Å². The monoisotopic (exact) mass is 264 g/mol. The number of rotatable bonds is 4. The smallest absolute Gasteiger partial charge is 0.123 e. The molecule has 18 heavy (non-hydrogen) atoms. The van der Waals surface area contributed by atoms with Gasteiger partial charge in [0.05, 0.1) is 0 Å². The van der Waals surface area contributed by atoms with E-state index in [1.54, 1.807) is 12.3 Å². The van der Waals surface area contributed by atoms with Gasteiger partial charge in [-0.2, -0.15) is 0 Å². The van der Waals surface area contributed by atoms with E-state index in [2.05, 4.69) is 10.3 Å². The van der Waals surface area contributed by atoms with Crippen molar-refractivity contribution in [2.45, 2.75) is 12.5 Å². The lowest BCUT2D eigenvalue weighted by atomic mass is 10.0. The Kier molecular flexibility index (Phi) is 4.28. The molecule has 0 spiro atoms. The summed E-state index contributed by atoms with van der Waals surface area (Å²) in [5.41, 5.74) is 1.70. The molecule has 1 N–H and O–H groups in total. The first kappa shape index (κ1) is 13.0. The number of hydrogen-bond donors (Lipinski definition) is 1. The number of likely N-dealkylation sites (N-methyl/N-ethyl adjacent to an activating group) is 1. The van der Waals surface area contributed by atoms with Crippen molar-refractivity contribution in [1.82, 2.24) is 10.3 Å². The molecule has 1 aromatic carbocycles. The number of pyridine rings is 1. The number of hydrogen-bond acceptors (Lipinski definition) is 2. The predicted octanol–water partition coefficient (Wildman–Crippen LogP) is 3.38. The molecular weight excluding hydrogens is 251 g/mol. The Morgan fingerprint density at radius 3 is 2.83 bits per heavy atom. The fourth-order valence-corrected chi connectivity index (χ4v) is 2.13. The van der Waals surface area contributed by atoms with Crippen LogP contribution in [0.4, 0.5) is 4.39 Å². The molecule has 1 atom stereocenters. The highest BCUT2D eigenvalue weighted by Gasteiger charge is 2.14. The maximum absolute atomic E-state index is 13.3. The maximum Gasteiger partial charge on any atom is 0.123 e. The zero-order valence-corrected chi connectivity index (χ0v) is 10.8. The summed E-state index contributed by atoms with van der Waals surface area (Å²) >= 11 is 6.11. The molecule has 2 rings (SSSR count). The Morgan fingerprint density at radius 1 is 1.33 bits per heavy atom. The van der Waals surface area contributed by atoms with Crippen molar-refractivity contribution in [1.29, 1.82) is 0 Å². The highest BCUT2D eigenvalue weighted by atomic mass is 35.5. The lowest BCUT2D eigenvalue weighted by molar-refractivity contribution is 0.572. The van der Waals surface area contributed by atoms with Gasteiger partial charge < -0.3 is 5.32 Å². The van der Waals surface area contributed by atoms with Gasteiger partial charge in [0.25, 0.3) is 0 Å². The molecule has 2 nitrogen and oxygen atoms in total. The molecule has 0 bridgehead atoms. The fourth-order valence-electron chi connectivity index (χ4n) is 1.88. The largest absolute Gasteiger partial charge is 0.313 e. The van der Waals surface area contributed by atoms with Crippen LogP contribution in [0.1, 0.15) is 17.3 Å². The second-order valence-electron chi connectivity index (χ2n) is 4.03. The highest BCUT2D eigenvalue weighted by Crippen LogP contribution is 2.25. The highest BCUT2D eigenvalue weighted by molar-refractivity contribution is 6.31. The van der Waals surface area contributed by atoms with Crippen molar-refractivity contribution >= 4 is 11.6 Å². The summed E-state index contributed by atoms with van der Waals surface area (Å²) in [6.45, 7) is 0. The van der Waals surface area contributed by atoms with Crippen molar-refractivity contribution in [3.05, 3.63) is 64.7 Å². The van der Waals surface area contributed by atoms with Crippen molar-refractivity contribution in [3.63, 3.8) is 0 Å². The summed E-state index contributed by atoms with van der Waals surface area (Å²) in [5, 5.41) is 3.71. The zero-order chi connectivity index (χ0) is 13.0. The van der Waals surface area contributed by atoms with E-state index in [1.807, 2.05) is 25.2 Å². The van der Waals surface area contributed by atoms with Crippen LogP contribution in [-0.2, 0) is 6.42 Å². The Labute approximate surface area is 111 Å². The molecule has 1 heterocycles. The van der Waals surface area contributed by atoms with Crippen LogP contribution >= 0.6 is 11.6 Å². The van der Waals surface area contributed by atoms with E-state index in [0.29, 0.717) is 11.4 Å². The topological polar surface area (TPSA) is 24.9 Å². The second-order valence-corrected chi connectivity index (χ2v) is 4.44. The molecule has 0 fully saturated rings. The predicted molar refractivity (Wildman–Crippen MR) is 71.2 cm³/mol. The Balaban J connectivity index is 2.26. The average molecular weight is 265 g/mol. The molecular formula is C14H14ClFN2. The summed E-state index contributed by atoms with van der Waals surface area (Å²) in [6, 6.07) is 10.1. The third kappa shape index (κ3) is 3.06.